The fourth-order valence-corrected chi connectivity index (χ4v) is 5.26. The second kappa shape index (κ2) is 8.31. The van der Waals surface area contributed by atoms with Crippen molar-refractivity contribution in [2.45, 2.75) is 120 Å². The molecule has 33 heavy (non-hydrogen) atoms. The number of fused-ring (bicyclic) bond motifs is 2. The first-order valence-corrected chi connectivity index (χ1v) is 11.5. The third-order valence-electron chi connectivity index (χ3n) is 6.56. The molecule has 5 aliphatic heterocycles. The van der Waals surface area contributed by atoms with Gasteiger partial charge in [-0.25, -0.2) is 0 Å². The highest BCUT2D eigenvalue weighted by Crippen LogP contribution is 2.43. The van der Waals surface area contributed by atoms with Gasteiger partial charge in [0.1, 0.15) is 48.8 Å². The molecule has 0 aliphatic carbocycles. The van der Waals surface area contributed by atoms with Gasteiger partial charge in [-0.3, -0.25) is 0 Å². The van der Waals surface area contributed by atoms with Gasteiger partial charge in [0.25, 0.3) is 0 Å². The Morgan fingerprint density at radius 3 is 1.97 bits per heavy atom. The Morgan fingerprint density at radius 1 is 0.788 bits per heavy atom. The first kappa shape index (κ1) is 24.3. The molecule has 190 valence electrons. The van der Waals surface area contributed by atoms with E-state index < -0.39 is 72.7 Å². The number of aliphatic hydroxyl groups is 1. The number of hydrogen-bond donors (Lipinski definition) is 1. The van der Waals surface area contributed by atoms with Crippen LogP contribution in [-0.2, 0) is 47.4 Å². The summed E-state index contributed by atoms with van der Waals surface area (Å²) >= 11 is 0. The van der Waals surface area contributed by atoms with Crippen LogP contribution in [0.3, 0.4) is 0 Å². The van der Waals surface area contributed by atoms with Gasteiger partial charge in [0.15, 0.2) is 29.9 Å². The third-order valence-corrected chi connectivity index (χ3v) is 6.56. The number of hydrogen-bond acceptors (Lipinski definition) is 11. The van der Waals surface area contributed by atoms with Crippen molar-refractivity contribution < 1.29 is 52.5 Å². The lowest BCUT2D eigenvalue weighted by atomic mass is 10.0. The summed E-state index contributed by atoms with van der Waals surface area (Å²) in [4.78, 5) is 0. The van der Waals surface area contributed by atoms with Crippen molar-refractivity contribution in [2.24, 2.45) is 0 Å². The molecule has 0 saturated carbocycles. The first-order valence-electron chi connectivity index (χ1n) is 11.5. The number of ether oxygens (including phenoxy) is 10. The molecule has 5 aliphatic rings. The van der Waals surface area contributed by atoms with Gasteiger partial charge >= 0.3 is 0 Å². The van der Waals surface area contributed by atoms with Crippen LogP contribution in [-0.4, -0.2) is 104 Å². The maximum absolute atomic E-state index is 11.0. The van der Waals surface area contributed by atoms with Crippen LogP contribution in [0, 0.1) is 0 Å². The molecule has 10 unspecified atom stereocenters. The molecular weight excluding hydrogens is 440 g/mol. The molecule has 5 fully saturated rings. The van der Waals surface area contributed by atoms with E-state index in [1.165, 1.54) is 0 Å². The lowest BCUT2D eigenvalue weighted by Gasteiger charge is -2.31. The molecule has 5 saturated heterocycles. The van der Waals surface area contributed by atoms with Crippen LogP contribution < -0.4 is 0 Å². The van der Waals surface area contributed by atoms with Gasteiger partial charge in [0.05, 0.1) is 13.2 Å². The van der Waals surface area contributed by atoms with E-state index in [2.05, 4.69) is 0 Å². The summed E-state index contributed by atoms with van der Waals surface area (Å²) in [7, 11) is 1.56. The molecule has 5 rings (SSSR count). The molecule has 0 bridgehead atoms. The van der Waals surface area contributed by atoms with E-state index >= 15 is 0 Å². The number of methoxy groups -OCH3 is 1. The van der Waals surface area contributed by atoms with Crippen LogP contribution in [0.15, 0.2) is 0 Å². The summed E-state index contributed by atoms with van der Waals surface area (Å²) in [5.74, 6) is -2.29. The average molecular weight is 477 g/mol. The Bertz CT molecular complexity index is 727. The van der Waals surface area contributed by atoms with Crippen LogP contribution in [0.1, 0.15) is 41.5 Å². The zero-order valence-electron chi connectivity index (χ0n) is 20.2. The van der Waals surface area contributed by atoms with E-state index in [4.69, 9.17) is 47.4 Å². The van der Waals surface area contributed by atoms with Gasteiger partial charge < -0.3 is 52.5 Å². The Hall–Kier alpha value is -0.440. The van der Waals surface area contributed by atoms with Gasteiger partial charge in [-0.05, 0) is 41.5 Å². The summed E-state index contributed by atoms with van der Waals surface area (Å²) in [5.41, 5.74) is 0. The van der Waals surface area contributed by atoms with Crippen molar-refractivity contribution in [3.05, 3.63) is 0 Å². The molecule has 0 aromatic heterocycles. The largest absolute Gasteiger partial charge is 0.388 e. The highest BCUT2D eigenvalue weighted by Gasteiger charge is 2.60. The normalized spacial score (nSPS) is 48.2. The maximum atomic E-state index is 11.0. The van der Waals surface area contributed by atoms with Gasteiger partial charge in [0.2, 0.25) is 0 Å². The van der Waals surface area contributed by atoms with Crippen molar-refractivity contribution in [3.63, 3.8) is 0 Å². The monoisotopic (exact) mass is 476 g/mol. The van der Waals surface area contributed by atoms with Gasteiger partial charge in [-0.2, -0.15) is 0 Å². The molecule has 0 radical (unpaired) electrons. The van der Waals surface area contributed by atoms with E-state index in [0.717, 1.165) is 0 Å². The Kier molecular flexibility index (Phi) is 6.11. The molecule has 0 amide bonds. The predicted molar refractivity (Wildman–Crippen MR) is 109 cm³/mol. The summed E-state index contributed by atoms with van der Waals surface area (Å²) in [6.07, 6.45) is -5.69. The van der Waals surface area contributed by atoms with E-state index in [9.17, 15) is 5.11 Å². The van der Waals surface area contributed by atoms with Crippen molar-refractivity contribution in [3.8, 4) is 0 Å². The Morgan fingerprint density at radius 2 is 1.39 bits per heavy atom. The predicted octanol–water partition coefficient (Wildman–Crippen LogP) is 0.652. The zero-order chi connectivity index (χ0) is 23.8. The van der Waals surface area contributed by atoms with Crippen LogP contribution in [0.2, 0.25) is 0 Å². The van der Waals surface area contributed by atoms with Crippen molar-refractivity contribution in [1.82, 2.24) is 0 Å². The molecular formula is C22H36O11. The molecule has 1 N–H and O–H groups in total. The van der Waals surface area contributed by atoms with Crippen molar-refractivity contribution in [1.29, 1.82) is 0 Å². The second-order valence-corrected chi connectivity index (χ2v) is 10.6. The average Bonchev–Trinajstić information content (AvgIpc) is 3.44. The minimum absolute atomic E-state index is 0.0398. The van der Waals surface area contributed by atoms with Gasteiger partial charge in [0, 0.05) is 7.11 Å². The summed E-state index contributed by atoms with van der Waals surface area (Å²) < 4.78 is 59.3. The fourth-order valence-electron chi connectivity index (χ4n) is 5.26. The lowest BCUT2D eigenvalue weighted by Crippen LogP contribution is -2.48. The van der Waals surface area contributed by atoms with Gasteiger partial charge in [-0.15, -0.1) is 0 Å². The fraction of sp³-hybridized carbons (Fsp3) is 1.00. The Labute approximate surface area is 193 Å². The van der Waals surface area contributed by atoms with Gasteiger partial charge in [-0.1, -0.05) is 0 Å². The van der Waals surface area contributed by atoms with Crippen LogP contribution in [0.25, 0.3) is 0 Å². The van der Waals surface area contributed by atoms with E-state index in [1.807, 2.05) is 41.5 Å². The third kappa shape index (κ3) is 4.58. The number of rotatable bonds is 6. The van der Waals surface area contributed by atoms with Crippen LogP contribution >= 0.6 is 0 Å². The minimum atomic E-state index is -0.997. The van der Waals surface area contributed by atoms with Crippen molar-refractivity contribution in [2.75, 3.05) is 20.3 Å². The molecule has 0 aromatic carbocycles. The molecule has 5 heterocycles. The smallest absolute Gasteiger partial charge is 0.190 e. The molecule has 0 spiro atoms. The SMILES string of the molecule is COC1C(C(O)COC2C(C3COC(C)(C)O3)OC3OC(C)(C)OC32)OC2OC(C)(C)OC21. The highest BCUT2D eigenvalue weighted by atomic mass is 16.9. The van der Waals surface area contributed by atoms with E-state index in [0.29, 0.717) is 6.61 Å². The van der Waals surface area contributed by atoms with E-state index in [-0.39, 0.29) is 12.7 Å². The summed E-state index contributed by atoms with van der Waals surface area (Å²) in [6.45, 7) is 11.3. The molecule has 11 nitrogen and oxygen atoms in total. The summed E-state index contributed by atoms with van der Waals surface area (Å²) in [5, 5.41) is 11.0. The van der Waals surface area contributed by atoms with Crippen LogP contribution in [0.5, 0.6) is 0 Å². The molecule has 10 atom stereocenters. The lowest BCUT2D eigenvalue weighted by molar-refractivity contribution is -0.244. The highest BCUT2D eigenvalue weighted by molar-refractivity contribution is 5.00. The molecule has 0 aromatic rings. The minimum Gasteiger partial charge on any atom is -0.388 e. The number of aliphatic hydroxyl groups excluding tert-OH is 1. The first-order chi connectivity index (χ1) is 15.4. The Balaban J connectivity index is 1.25. The van der Waals surface area contributed by atoms with Crippen molar-refractivity contribution >= 4 is 0 Å². The van der Waals surface area contributed by atoms with E-state index in [1.54, 1.807) is 7.11 Å². The maximum Gasteiger partial charge on any atom is 0.190 e. The topological polar surface area (TPSA) is 113 Å². The standard InChI is InChI=1S/C22H36O11/c1-20(2)26-9-11(29-20)13-15(17-19(28-13)33-22(5,6)31-17)25-8-10(23)12-14(24-7)16-18(27-12)32-21(3,4)30-16/h10-19,23H,8-9H2,1-7H3. The van der Waals surface area contributed by atoms with Crippen LogP contribution in [0.4, 0.5) is 0 Å². The molecule has 11 heteroatoms. The quantitative estimate of drug-likeness (QED) is 0.583. The summed E-state index contributed by atoms with van der Waals surface area (Å²) in [6, 6.07) is 0. The second-order valence-electron chi connectivity index (χ2n) is 10.6. The zero-order valence-corrected chi connectivity index (χ0v) is 20.2.